The summed E-state index contributed by atoms with van der Waals surface area (Å²) in [5.74, 6) is -3.05. The normalized spacial score (nSPS) is 25.2. The van der Waals surface area contributed by atoms with Crippen LogP contribution in [0.25, 0.3) is 5.53 Å². The van der Waals surface area contributed by atoms with E-state index in [9.17, 15) is 19.5 Å². The zero-order chi connectivity index (χ0) is 14.0. The minimum absolute atomic E-state index is 0.333. The molecule has 0 spiro atoms. The first-order chi connectivity index (χ1) is 8.31. The number of β-lactam (4-membered cyclic amide) rings is 1. The van der Waals surface area contributed by atoms with E-state index in [2.05, 4.69) is 10.1 Å². The van der Waals surface area contributed by atoms with Gasteiger partial charge in [0.05, 0.1) is 18.1 Å². The molecule has 0 unspecified atom stereocenters. The van der Waals surface area contributed by atoms with Gasteiger partial charge in [0.2, 0.25) is 11.7 Å². The Kier molecular flexibility index (Phi) is 4.11. The number of carbonyl (C=O) groups is 3. The second-order valence-electron chi connectivity index (χ2n) is 4.46. The highest BCUT2D eigenvalue weighted by atomic mass is 16.3. The van der Waals surface area contributed by atoms with Crippen molar-refractivity contribution in [2.24, 2.45) is 11.8 Å². The zero-order valence-electron chi connectivity index (χ0n) is 10.4. The summed E-state index contributed by atoms with van der Waals surface area (Å²) in [5, 5.41) is 11.9. The van der Waals surface area contributed by atoms with Crippen LogP contribution in [0.4, 0.5) is 0 Å². The molecule has 1 saturated heterocycles. The molecule has 1 heterocycles. The van der Waals surface area contributed by atoms with Crippen LogP contribution in [0.5, 0.6) is 0 Å². The smallest absolute Gasteiger partial charge is 0.393 e. The zero-order valence-corrected chi connectivity index (χ0v) is 10.4. The maximum Gasteiger partial charge on any atom is 0.400 e. The van der Waals surface area contributed by atoms with Crippen LogP contribution in [0.15, 0.2) is 0 Å². The molecule has 1 aliphatic heterocycles. The lowest BCUT2D eigenvalue weighted by atomic mass is 9.76. The van der Waals surface area contributed by atoms with Crippen LogP contribution in [-0.4, -0.2) is 45.2 Å². The summed E-state index contributed by atoms with van der Waals surface area (Å²) in [6.07, 6.45) is -0.883. The minimum atomic E-state index is -0.883. The number of ketones is 2. The molecule has 0 aromatic heterocycles. The standard InChI is InChI=1S/C11H15N3O4/c1-4(10(17)9(14-12)6(3)16)8-7(5(2)15)11(18)13-8/h4-5,7-8,15H,1-3H3,(H,13,18)/t4-,5-,7-,8-/m1/s1. The summed E-state index contributed by atoms with van der Waals surface area (Å²) in [4.78, 5) is 36.9. The lowest BCUT2D eigenvalue weighted by Crippen LogP contribution is -2.65. The van der Waals surface area contributed by atoms with E-state index in [-0.39, 0.29) is 5.91 Å². The first-order valence-corrected chi connectivity index (χ1v) is 5.56. The Morgan fingerprint density at radius 1 is 1.44 bits per heavy atom. The van der Waals surface area contributed by atoms with Gasteiger partial charge in [-0.05, 0) is 6.92 Å². The predicted molar refractivity (Wildman–Crippen MR) is 60.6 cm³/mol. The first-order valence-electron chi connectivity index (χ1n) is 5.56. The number of carbonyl (C=O) groups excluding carboxylic acids is 3. The molecule has 0 aliphatic carbocycles. The highest BCUT2D eigenvalue weighted by molar-refractivity contribution is 6.64. The third-order valence-corrected chi connectivity index (χ3v) is 3.14. The van der Waals surface area contributed by atoms with Crippen LogP contribution in [0.2, 0.25) is 0 Å². The molecule has 4 atom stereocenters. The minimum Gasteiger partial charge on any atom is -0.393 e. The first kappa shape index (κ1) is 14.2. The number of amides is 1. The van der Waals surface area contributed by atoms with Crippen molar-refractivity contribution in [1.29, 1.82) is 0 Å². The van der Waals surface area contributed by atoms with Gasteiger partial charge in [-0.2, -0.15) is 4.79 Å². The average Bonchev–Trinajstić information content (AvgIpc) is 2.24. The molecular weight excluding hydrogens is 238 g/mol. The summed E-state index contributed by atoms with van der Waals surface area (Å²) in [6, 6.07) is -0.555. The number of hydrogen-bond donors (Lipinski definition) is 2. The van der Waals surface area contributed by atoms with E-state index in [1.165, 1.54) is 13.8 Å². The summed E-state index contributed by atoms with van der Waals surface area (Å²) in [7, 11) is 0. The molecule has 2 N–H and O–H groups in total. The van der Waals surface area contributed by atoms with Crippen molar-refractivity contribution in [3.05, 3.63) is 5.53 Å². The van der Waals surface area contributed by atoms with Crippen molar-refractivity contribution >= 4 is 23.2 Å². The van der Waals surface area contributed by atoms with E-state index in [4.69, 9.17) is 5.53 Å². The molecule has 0 saturated carbocycles. The quantitative estimate of drug-likeness (QED) is 0.213. The summed E-state index contributed by atoms with van der Waals surface area (Å²) in [5.41, 5.74) is 8.08. The van der Waals surface area contributed by atoms with Gasteiger partial charge in [-0.1, -0.05) is 6.92 Å². The monoisotopic (exact) mass is 253 g/mol. The van der Waals surface area contributed by atoms with Crippen LogP contribution in [0.3, 0.4) is 0 Å². The summed E-state index contributed by atoms with van der Waals surface area (Å²) >= 11 is 0. The van der Waals surface area contributed by atoms with Gasteiger partial charge in [0.1, 0.15) is 0 Å². The maximum atomic E-state index is 11.9. The van der Waals surface area contributed by atoms with Crippen LogP contribution in [0.1, 0.15) is 20.8 Å². The van der Waals surface area contributed by atoms with E-state index in [1.807, 2.05) is 0 Å². The third-order valence-electron chi connectivity index (χ3n) is 3.14. The Labute approximate surface area is 104 Å². The van der Waals surface area contributed by atoms with Gasteiger partial charge in [0.15, 0.2) is 0 Å². The van der Waals surface area contributed by atoms with Crippen molar-refractivity contribution in [2.75, 3.05) is 0 Å². The highest BCUT2D eigenvalue weighted by Gasteiger charge is 2.49. The van der Waals surface area contributed by atoms with Crippen LogP contribution >= 0.6 is 0 Å². The van der Waals surface area contributed by atoms with Crippen molar-refractivity contribution in [2.45, 2.75) is 32.9 Å². The van der Waals surface area contributed by atoms with E-state index < -0.39 is 41.3 Å². The fourth-order valence-electron chi connectivity index (χ4n) is 2.04. The van der Waals surface area contributed by atoms with Crippen LogP contribution in [0, 0.1) is 11.8 Å². The Morgan fingerprint density at radius 3 is 2.33 bits per heavy atom. The second kappa shape index (κ2) is 5.20. The average molecular weight is 253 g/mol. The van der Waals surface area contributed by atoms with Crippen molar-refractivity contribution in [3.63, 3.8) is 0 Å². The molecule has 0 radical (unpaired) electrons. The Morgan fingerprint density at radius 2 is 2.00 bits per heavy atom. The largest absolute Gasteiger partial charge is 0.400 e. The highest BCUT2D eigenvalue weighted by Crippen LogP contribution is 2.26. The fourth-order valence-corrected chi connectivity index (χ4v) is 2.04. The lowest BCUT2D eigenvalue weighted by Gasteiger charge is -2.40. The Bertz CT molecular complexity index is 451. The fraction of sp³-hybridized carbons (Fsp3) is 0.636. The van der Waals surface area contributed by atoms with Gasteiger partial charge in [0.25, 0.3) is 5.78 Å². The van der Waals surface area contributed by atoms with Crippen molar-refractivity contribution in [3.8, 4) is 0 Å². The van der Waals surface area contributed by atoms with Gasteiger partial charge in [0, 0.05) is 12.8 Å². The van der Waals surface area contributed by atoms with E-state index in [1.54, 1.807) is 0 Å². The predicted octanol–water partition coefficient (Wildman–Crippen LogP) is -1.05. The third kappa shape index (κ3) is 2.37. The van der Waals surface area contributed by atoms with Gasteiger partial charge in [-0.3, -0.25) is 14.4 Å². The molecule has 18 heavy (non-hydrogen) atoms. The molecule has 7 heteroatoms. The molecule has 1 rings (SSSR count). The number of nitrogens with one attached hydrogen (secondary N) is 1. The molecule has 1 amide bonds. The number of aliphatic hydroxyl groups excluding tert-OH is 1. The van der Waals surface area contributed by atoms with Gasteiger partial charge in [-0.15, -0.1) is 0 Å². The Hall–Kier alpha value is -1.85. The second-order valence-corrected chi connectivity index (χ2v) is 4.46. The molecular formula is C11H15N3O4. The molecule has 0 bridgehead atoms. The molecule has 0 aromatic carbocycles. The van der Waals surface area contributed by atoms with Crippen molar-refractivity contribution < 1.29 is 24.3 Å². The van der Waals surface area contributed by atoms with E-state index >= 15 is 0 Å². The van der Waals surface area contributed by atoms with Gasteiger partial charge in [-0.25, -0.2) is 0 Å². The topological polar surface area (TPSA) is 120 Å². The summed E-state index contributed by atoms with van der Waals surface area (Å²) < 4.78 is 0. The molecule has 7 nitrogen and oxygen atoms in total. The number of hydrogen-bond acceptors (Lipinski definition) is 4. The number of rotatable bonds is 5. The SMILES string of the molecule is CC(=O)C(=[N+]=[N-])C(=O)[C@H](C)[C@H]1NC(=O)[C@@H]1[C@@H](C)O. The molecule has 1 aliphatic rings. The Balaban J connectivity index is 2.86. The van der Waals surface area contributed by atoms with Crippen molar-refractivity contribution in [1.82, 2.24) is 5.32 Å². The molecule has 1 fully saturated rings. The van der Waals surface area contributed by atoms with Crippen LogP contribution in [-0.2, 0) is 14.4 Å². The summed E-state index contributed by atoms with van der Waals surface area (Å²) in [6.45, 7) is 4.08. The van der Waals surface area contributed by atoms with E-state index in [0.717, 1.165) is 6.92 Å². The van der Waals surface area contributed by atoms with Gasteiger partial charge >= 0.3 is 5.71 Å². The molecule has 98 valence electrons. The van der Waals surface area contributed by atoms with E-state index in [0.29, 0.717) is 0 Å². The lowest BCUT2D eigenvalue weighted by molar-refractivity contribution is -0.144. The molecule has 0 aromatic rings. The van der Waals surface area contributed by atoms with Gasteiger partial charge < -0.3 is 16.0 Å². The maximum absolute atomic E-state index is 11.9. The number of nitrogens with zero attached hydrogens (tertiary/aromatic N) is 2. The number of aliphatic hydroxyl groups is 1. The number of Topliss-reactive ketones (excluding diaryl/α,β-unsaturated/α-hetero) is 2. The van der Waals surface area contributed by atoms with Crippen LogP contribution < -0.4 is 5.32 Å².